The summed E-state index contributed by atoms with van der Waals surface area (Å²) in [6, 6.07) is 10.6. The molecule has 1 aromatic carbocycles. The van der Waals surface area contributed by atoms with Crippen LogP contribution in [0.15, 0.2) is 42.7 Å². The number of benzene rings is 1. The fraction of sp³-hybridized carbons (Fsp3) is 0.368. The summed E-state index contributed by atoms with van der Waals surface area (Å²) >= 11 is 0. The van der Waals surface area contributed by atoms with Crippen molar-refractivity contribution in [3.63, 3.8) is 0 Å². The summed E-state index contributed by atoms with van der Waals surface area (Å²) in [5.41, 5.74) is 2.11. The van der Waals surface area contributed by atoms with Crippen LogP contribution in [0.5, 0.6) is 11.5 Å². The molecule has 6 heteroatoms. The van der Waals surface area contributed by atoms with Crippen LogP contribution in [0.2, 0.25) is 0 Å². The fourth-order valence-corrected chi connectivity index (χ4v) is 3.61. The number of ether oxygens (including phenoxy) is 2. The SMILES string of the molecule is COc1ccnc(CN2CC[C@@H](n3ncc4ccccc43)C2)c1OC. The van der Waals surface area contributed by atoms with Crippen molar-refractivity contribution in [2.75, 3.05) is 27.3 Å². The van der Waals surface area contributed by atoms with Gasteiger partial charge in [0, 0.05) is 37.3 Å². The highest BCUT2D eigenvalue weighted by Crippen LogP contribution is 2.32. The van der Waals surface area contributed by atoms with Crippen molar-refractivity contribution in [2.45, 2.75) is 19.0 Å². The third-order valence-electron chi connectivity index (χ3n) is 4.84. The molecule has 0 aliphatic carbocycles. The second-order valence-corrected chi connectivity index (χ2v) is 6.32. The van der Waals surface area contributed by atoms with Crippen LogP contribution < -0.4 is 9.47 Å². The molecule has 25 heavy (non-hydrogen) atoms. The summed E-state index contributed by atoms with van der Waals surface area (Å²) in [4.78, 5) is 6.88. The van der Waals surface area contributed by atoms with E-state index in [2.05, 4.69) is 43.9 Å². The minimum absolute atomic E-state index is 0.386. The Bertz CT molecular complexity index is 877. The first-order valence-corrected chi connectivity index (χ1v) is 8.50. The zero-order valence-electron chi connectivity index (χ0n) is 14.6. The zero-order valence-corrected chi connectivity index (χ0v) is 14.6. The van der Waals surface area contributed by atoms with Crippen LogP contribution >= 0.6 is 0 Å². The largest absolute Gasteiger partial charge is 0.493 e. The van der Waals surface area contributed by atoms with E-state index in [9.17, 15) is 0 Å². The van der Waals surface area contributed by atoms with Gasteiger partial charge in [0.05, 0.1) is 32.0 Å². The normalized spacial score (nSPS) is 17.9. The second kappa shape index (κ2) is 6.72. The Morgan fingerprint density at radius 1 is 1.16 bits per heavy atom. The molecule has 0 unspecified atom stereocenters. The van der Waals surface area contributed by atoms with E-state index in [0.29, 0.717) is 6.04 Å². The lowest BCUT2D eigenvalue weighted by atomic mass is 10.2. The van der Waals surface area contributed by atoms with E-state index in [4.69, 9.17) is 9.47 Å². The van der Waals surface area contributed by atoms with Gasteiger partial charge in [0.1, 0.15) is 5.69 Å². The molecule has 6 nitrogen and oxygen atoms in total. The van der Waals surface area contributed by atoms with E-state index in [0.717, 1.165) is 43.2 Å². The molecule has 1 atom stereocenters. The van der Waals surface area contributed by atoms with Gasteiger partial charge in [0.2, 0.25) is 0 Å². The molecule has 0 N–H and O–H groups in total. The zero-order chi connectivity index (χ0) is 17.2. The van der Waals surface area contributed by atoms with Crippen LogP contribution in [0.4, 0.5) is 0 Å². The third kappa shape index (κ3) is 2.93. The molecular weight excluding hydrogens is 316 g/mol. The van der Waals surface area contributed by atoms with E-state index < -0.39 is 0 Å². The topological polar surface area (TPSA) is 52.4 Å². The first kappa shape index (κ1) is 15.9. The van der Waals surface area contributed by atoms with Crippen LogP contribution in [-0.2, 0) is 6.54 Å². The molecule has 0 radical (unpaired) electrons. The third-order valence-corrected chi connectivity index (χ3v) is 4.84. The summed E-state index contributed by atoms with van der Waals surface area (Å²) in [6.45, 7) is 2.71. The number of hydrogen-bond acceptors (Lipinski definition) is 5. The number of fused-ring (bicyclic) bond motifs is 1. The van der Waals surface area contributed by atoms with Crippen molar-refractivity contribution in [3.05, 3.63) is 48.4 Å². The van der Waals surface area contributed by atoms with Crippen LogP contribution in [0.1, 0.15) is 18.2 Å². The Hall–Kier alpha value is -2.60. The summed E-state index contributed by atoms with van der Waals surface area (Å²) < 4.78 is 13.0. The lowest BCUT2D eigenvalue weighted by molar-refractivity contribution is 0.295. The van der Waals surface area contributed by atoms with Gasteiger partial charge in [-0.1, -0.05) is 18.2 Å². The molecule has 0 amide bonds. The number of aromatic nitrogens is 3. The standard InChI is InChI=1S/C19H22N4O2/c1-24-18-7-9-20-16(19(18)25-2)13-22-10-8-15(12-22)23-17-6-4-3-5-14(17)11-21-23/h3-7,9,11,15H,8,10,12-13H2,1-2H3/t15-/m1/s1. The van der Waals surface area contributed by atoms with E-state index in [1.54, 1.807) is 20.4 Å². The number of rotatable bonds is 5. The Morgan fingerprint density at radius 2 is 2.04 bits per heavy atom. The molecule has 4 rings (SSSR count). The Kier molecular flexibility index (Phi) is 4.28. The number of pyridine rings is 1. The van der Waals surface area contributed by atoms with E-state index in [-0.39, 0.29) is 0 Å². The van der Waals surface area contributed by atoms with Crippen molar-refractivity contribution in [1.82, 2.24) is 19.7 Å². The minimum Gasteiger partial charge on any atom is -0.493 e. The molecule has 0 spiro atoms. The van der Waals surface area contributed by atoms with Crippen LogP contribution in [0, 0.1) is 0 Å². The van der Waals surface area contributed by atoms with Gasteiger partial charge in [-0.3, -0.25) is 14.6 Å². The van der Waals surface area contributed by atoms with Crippen LogP contribution in [-0.4, -0.2) is 47.0 Å². The van der Waals surface area contributed by atoms with Crippen molar-refractivity contribution >= 4 is 10.9 Å². The molecule has 130 valence electrons. The quantitative estimate of drug-likeness (QED) is 0.716. The van der Waals surface area contributed by atoms with Crippen molar-refractivity contribution in [2.24, 2.45) is 0 Å². The van der Waals surface area contributed by atoms with Crippen molar-refractivity contribution in [3.8, 4) is 11.5 Å². The molecule has 1 aliphatic heterocycles. The average Bonchev–Trinajstić information content (AvgIpc) is 3.28. The van der Waals surface area contributed by atoms with Crippen molar-refractivity contribution in [1.29, 1.82) is 0 Å². The van der Waals surface area contributed by atoms with Gasteiger partial charge in [0.15, 0.2) is 11.5 Å². The van der Waals surface area contributed by atoms with Gasteiger partial charge in [-0.15, -0.1) is 0 Å². The minimum atomic E-state index is 0.386. The Balaban J connectivity index is 1.52. The van der Waals surface area contributed by atoms with Gasteiger partial charge in [-0.25, -0.2) is 0 Å². The number of likely N-dealkylation sites (tertiary alicyclic amines) is 1. The van der Waals surface area contributed by atoms with Crippen LogP contribution in [0.3, 0.4) is 0 Å². The monoisotopic (exact) mass is 338 g/mol. The number of para-hydroxylation sites is 1. The average molecular weight is 338 g/mol. The van der Waals surface area contributed by atoms with Gasteiger partial charge < -0.3 is 9.47 Å². The summed E-state index contributed by atoms with van der Waals surface area (Å²) in [7, 11) is 3.31. The Labute approximate surface area is 147 Å². The first-order valence-electron chi connectivity index (χ1n) is 8.50. The van der Waals surface area contributed by atoms with Gasteiger partial charge in [-0.2, -0.15) is 5.10 Å². The highest BCUT2D eigenvalue weighted by Gasteiger charge is 2.27. The molecule has 2 aromatic heterocycles. The molecule has 1 saturated heterocycles. The predicted molar refractivity (Wildman–Crippen MR) is 96.0 cm³/mol. The molecule has 1 aliphatic rings. The van der Waals surface area contributed by atoms with E-state index >= 15 is 0 Å². The lowest BCUT2D eigenvalue weighted by Crippen LogP contribution is -2.22. The maximum Gasteiger partial charge on any atom is 0.183 e. The van der Waals surface area contributed by atoms with Gasteiger partial charge in [-0.05, 0) is 12.5 Å². The summed E-state index contributed by atoms with van der Waals surface area (Å²) in [6.07, 6.45) is 4.80. The Morgan fingerprint density at radius 3 is 2.88 bits per heavy atom. The predicted octanol–water partition coefficient (Wildman–Crippen LogP) is 2.90. The maximum absolute atomic E-state index is 5.50. The van der Waals surface area contributed by atoms with Crippen LogP contribution in [0.25, 0.3) is 10.9 Å². The highest BCUT2D eigenvalue weighted by atomic mass is 16.5. The molecular formula is C19H22N4O2. The second-order valence-electron chi connectivity index (χ2n) is 6.32. The van der Waals surface area contributed by atoms with E-state index in [1.807, 2.05) is 12.3 Å². The van der Waals surface area contributed by atoms with Gasteiger partial charge in [0.25, 0.3) is 0 Å². The fourth-order valence-electron chi connectivity index (χ4n) is 3.61. The first-order chi connectivity index (χ1) is 12.3. The van der Waals surface area contributed by atoms with Gasteiger partial charge >= 0.3 is 0 Å². The molecule has 3 aromatic rings. The summed E-state index contributed by atoms with van der Waals surface area (Å²) in [5.74, 6) is 1.44. The number of hydrogen-bond donors (Lipinski definition) is 0. The lowest BCUT2D eigenvalue weighted by Gasteiger charge is -2.18. The molecule has 0 saturated carbocycles. The molecule has 0 bridgehead atoms. The van der Waals surface area contributed by atoms with E-state index in [1.165, 1.54) is 10.9 Å². The maximum atomic E-state index is 5.50. The molecule has 3 heterocycles. The van der Waals surface area contributed by atoms with Crippen molar-refractivity contribution < 1.29 is 9.47 Å². The molecule has 1 fully saturated rings. The number of methoxy groups -OCH3 is 2. The smallest absolute Gasteiger partial charge is 0.183 e. The highest BCUT2D eigenvalue weighted by molar-refractivity contribution is 5.78. The number of nitrogens with zero attached hydrogens (tertiary/aromatic N) is 4. The summed E-state index contributed by atoms with van der Waals surface area (Å²) in [5, 5.41) is 5.80.